The number of hydrogen-bond acceptors (Lipinski definition) is 5. The number of fused-ring (bicyclic) bond motifs is 7. The minimum absolute atomic E-state index is 0.784. The molecule has 0 N–H and O–H groups in total. The van der Waals surface area contributed by atoms with Crippen molar-refractivity contribution in [2.45, 2.75) is 0 Å². The Bertz CT molecular complexity index is 2880. The van der Waals surface area contributed by atoms with Gasteiger partial charge in [0.1, 0.15) is 16.9 Å². The average molecular weight is 627 g/mol. The van der Waals surface area contributed by atoms with Crippen LogP contribution in [0.4, 0.5) is 0 Å². The van der Waals surface area contributed by atoms with Crippen LogP contribution in [0.15, 0.2) is 162 Å². The molecule has 10 aromatic rings. The Balaban J connectivity index is 1.15. The Morgan fingerprint density at radius 1 is 0.388 bits per heavy atom. The first-order chi connectivity index (χ1) is 24.3. The zero-order valence-corrected chi connectivity index (χ0v) is 26.2. The molecule has 0 spiro atoms. The van der Waals surface area contributed by atoms with Gasteiger partial charge in [-0.25, -0.2) is 19.9 Å². The van der Waals surface area contributed by atoms with Crippen LogP contribution in [0.2, 0.25) is 0 Å². The smallest absolute Gasteiger partial charge is 0.144 e. The highest BCUT2D eigenvalue weighted by Crippen LogP contribution is 2.39. The topological polar surface area (TPSA) is 64.7 Å². The zero-order chi connectivity index (χ0) is 32.3. The lowest BCUT2D eigenvalue weighted by Gasteiger charge is -2.12. The van der Waals surface area contributed by atoms with Crippen molar-refractivity contribution >= 4 is 54.8 Å². The fourth-order valence-corrected chi connectivity index (χ4v) is 6.83. The largest absolute Gasteiger partial charge is 0.455 e. The van der Waals surface area contributed by atoms with Crippen LogP contribution in [-0.2, 0) is 0 Å². The third kappa shape index (κ3) is 4.55. The summed E-state index contributed by atoms with van der Waals surface area (Å²) in [6.45, 7) is 0. The monoisotopic (exact) mass is 626 g/mol. The number of para-hydroxylation sites is 2. The highest BCUT2D eigenvalue weighted by molar-refractivity contribution is 6.10. The van der Waals surface area contributed by atoms with Crippen molar-refractivity contribution in [3.8, 4) is 45.0 Å². The SMILES string of the molecule is c1ccc(-c2ccc3ccc4ccc(-c5ccc6nc(-c7cccc8c7oc7ccccc78)c(-c7ccccc7)nc6c5)nc4c3n2)cc1. The van der Waals surface area contributed by atoms with Gasteiger partial charge >= 0.3 is 0 Å². The molecule has 49 heavy (non-hydrogen) atoms. The zero-order valence-electron chi connectivity index (χ0n) is 26.2. The molecule has 0 atom stereocenters. The molecular formula is C44H26N4O. The van der Waals surface area contributed by atoms with Crippen molar-refractivity contribution in [1.82, 2.24) is 19.9 Å². The predicted octanol–water partition coefficient (Wildman–Crippen LogP) is 11.3. The summed E-state index contributed by atoms with van der Waals surface area (Å²) in [4.78, 5) is 20.8. The van der Waals surface area contributed by atoms with E-state index in [1.165, 1.54) is 0 Å². The molecule has 6 aromatic carbocycles. The van der Waals surface area contributed by atoms with E-state index in [1.54, 1.807) is 0 Å². The summed E-state index contributed by atoms with van der Waals surface area (Å²) in [6, 6.07) is 53.7. The predicted molar refractivity (Wildman–Crippen MR) is 199 cm³/mol. The van der Waals surface area contributed by atoms with Gasteiger partial charge in [0.25, 0.3) is 0 Å². The Hall–Kier alpha value is -6.72. The average Bonchev–Trinajstić information content (AvgIpc) is 3.56. The lowest BCUT2D eigenvalue weighted by molar-refractivity contribution is 0.670. The minimum atomic E-state index is 0.784. The Kier molecular flexibility index (Phi) is 6.11. The number of pyridine rings is 2. The van der Waals surface area contributed by atoms with Gasteiger partial charge in [0.2, 0.25) is 0 Å². The number of hydrogen-bond donors (Lipinski definition) is 0. The third-order valence-electron chi connectivity index (χ3n) is 9.26. The third-order valence-corrected chi connectivity index (χ3v) is 9.26. The summed E-state index contributed by atoms with van der Waals surface area (Å²) in [5.74, 6) is 0. The van der Waals surface area contributed by atoms with Gasteiger partial charge in [-0.15, -0.1) is 0 Å². The van der Waals surface area contributed by atoms with E-state index in [0.29, 0.717) is 0 Å². The second-order valence-electron chi connectivity index (χ2n) is 12.2. The van der Waals surface area contributed by atoms with Crippen molar-refractivity contribution in [3.63, 3.8) is 0 Å². The lowest BCUT2D eigenvalue weighted by atomic mass is 10.0. The highest BCUT2D eigenvalue weighted by Gasteiger charge is 2.19. The second-order valence-corrected chi connectivity index (χ2v) is 12.2. The molecule has 0 saturated carbocycles. The van der Waals surface area contributed by atoms with Crippen molar-refractivity contribution in [1.29, 1.82) is 0 Å². The van der Waals surface area contributed by atoms with Gasteiger partial charge in [0.15, 0.2) is 0 Å². The molecule has 0 aliphatic heterocycles. The lowest BCUT2D eigenvalue weighted by Crippen LogP contribution is -1.96. The normalized spacial score (nSPS) is 11.7. The van der Waals surface area contributed by atoms with E-state index in [4.69, 9.17) is 24.4 Å². The fourth-order valence-electron chi connectivity index (χ4n) is 6.83. The summed E-state index contributed by atoms with van der Waals surface area (Å²) in [5, 5.41) is 4.25. The van der Waals surface area contributed by atoms with Crippen LogP contribution in [-0.4, -0.2) is 19.9 Å². The van der Waals surface area contributed by atoms with Crippen molar-refractivity contribution in [2.24, 2.45) is 0 Å². The number of nitrogens with zero attached hydrogens (tertiary/aromatic N) is 4. The molecular weight excluding hydrogens is 601 g/mol. The van der Waals surface area contributed by atoms with Crippen molar-refractivity contribution in [3.05, 3.63) is 158 Å². The first-order valence-corrected chi connectivity index (χ1v) is 16.3. The van der Waals surface area contributed by atoms with Crippen molar-refractivity contribution < 1.29 is 4.42 Å². The van der Waals surface area contributed by atoms with E-state index in [-0.39, 0.29) is 0 Å². The Labute approximate surface area is 281 Å². The van der Waals surface area contributed by atoms with Crippen LogP contribution in [0.5, 0.6) is 0 Å². The maximum Gasteiger partial charge on any atom is 0.144 e. The Morgan fingerprint density at radius 3 is 1.76 bits per heavy atom. The fraction of sp³-hybridized carbons (Fsp3) is 0. The van der Waals surface area contributed by atoms with E-state index in [2.05, 4.69) is 97.1 Å². The molecule has 0 saturated heterocycles. The van der Waals surface area contributed by atoms with Crippen LogP contribution in [0.1, 0.15) is 0 Å². The van der Waals surface area contributed by atoms with Crippen LogP contribution in [0.25, 0.3) is 99.8 Å². The van der Waals surface area contributed by atoms with Crippen LogP contribution in [0.3, 0.4) is 0 Å². The van der Waals surface area contributed by atoms with Gasteiger partial charge in [-0.2, -0.15) is 0 Å². The van der Waals surface area contributed by atoms with Gasteiger partial charge in [-0.1, -0.05) is 121 Å². The summed E-state index contributed by atoms with van der Waals surface area (Å²) in [6.07, 6.45) is 0. The van der Waals surface area contributed by atoms with E-state index < -0.39 is 0 Å². The maximum absolute atomic E-state index is 6.43. The van der Waals surface area contributed by atoms with Crippen LogP contribution >= 0.6 is 0 Å². The molecule has 0 amide bonds. The summed E-state index contributed by atoms with van der Waals surface area (Å²) < 4.78 is 6.43. The minimum Gasteiger partial charge on any atom is -0.455 e. The van der Waals surface area contributed by atoms with Gasteiger partial charge < -0.3 is 4.42 Å². The molecule has 0 fully saturated rings. The molecule has 4 aromatic heterocycles. The molecule has 0 aliphatic rings. The second kappa shape index (κ2) is 10.9. The molecule has 10 rings (SSSR count). The van der Waals surface area contributed by atoms with Gasteiger partial charge in [-0.3, -0.25) is 0 Å². The standard InChI is InChI=1S/C44H26N4O/c1-3-10-27(11-4-1)35-23-20-29-18-19-30-21-24-36(46-41(30)40(29)45-35)31-22-25-37-38(26-31)48-42(28-12-5-2-6-13-28)43(47-37)34-16-9-15-33-32-14-7-8-17-39(32)49-44(33)34/h1-26H. The van der Waals surface area contributed by atoms with Gasteiger partial charge in [0, 0.05) is 43.8 Å². The molecule has 0 unspecified atom stereocenters. The molecule has 4 heterocycles. The Morgan fingerprint density at radius 2 is 1.00 bits per heavy atom. The number of benzene rings is 6. The van der Waals surface area contributed by atoms with Crippen molar-refractivity contribution in [2.75, 3.05) is 0 Å². The first kappa shape index (κ1) is 27.4. The summed E-state index contributed by atoms with van der Waals surface area (Å²) >= 11 is 0. The molecule has 0 aliphatic carbocycles. The molecule has 228 valence electrons. The molecule has 0 bridgehead atoms. The number of furan rings is 1. The molecule has 5 heteroatoms. The van der Waals surface area contributed by atoms with E-state index >= 15 is 0 Å². The van der Waals surface area contributed by atoms with E-state index in [1.807, 2.05) is 60.7 Å². The van der Waals surface area contributed by atoms with Gasteiger partial charge in [-0.05, 0) is 36.4 Å². The van der Waals surface area contributed by atoms with Crippen LogP contribution < -0.4 is 0 Å². The highest BCUT2D eigenvalue weighted by atomic mass is 16.3. The summed E-state index contributed by atoms with van der Waals surface area (Å²) in [5.41, 5.74) is 12.3. The molecule has 0 radical (unpaired) electrons. The number of aromatic nitrogens is 4. The quantitative estimate of drug-likeness (QED) is 0.182. The number of rotatable bonds is 4. The van der Waals surface area contributed by atoms with Gasteiger partial charge in [0.05, 0.1) is 39.1 Å². The molecule has 5 nitrogen and oxygen atoms in total. The maximum atomic E-state index is 6.43. The summed E-state index contributed by atoms with van der Waals surface area (Å²) in [7, 11) is 0. The van der Waals surface area contributed by atoms with E-state index in [9.17, 15) is 0 Å². The van der Waals surface area contributed by atoms with E-state index in [0.717, 1.165) is 99.8 Å². The first-order valence-electron chi connectivity index (χ1n) is 16.3. The van der Waals surface area contributed by atoms with Crippen LogP contribution in [0, 0.1) is 0 Å².